The van der Waals surface area contributed by atoms with Crippen LogP contribution >= 0.6 is 11.6 Å². The molecule has 1 fully saturated rings. The summed E-state index contributed by atoms with van der Waals surface area (Å²) in [4.78, 5) is 14.8. The average molecular weight is 309 g/mol. The van der Waals surface area contributed by atoms with Crippen molar-refractivity contribution in [2.45, 2.75) is 40.2 Å². The zero-order valence-corrected chi connectivity index (χ0v) is 14.1. The molecule has 116 valence electrons. The van der Waals surface area contributed by atoms with E-state index in [4.69, 9.17) is 11.6 Å². The van der Waals surface area contributed by atoms with Gasteiger partial charge >= 0.3 is 0 Å². The van der Waals surface area contributed by atoms with Gasteiger partial charge in [-0.15, -0.1) is 0 Å². The van der Waals surface area contributed by atoms with E-state index in [1.165, 1.54) is 6.42 Å². The van der Waals surface area contributed by atoms with Crippen LogP contribution in [0.5, 0.6) is 0 Å². The summed E-state index contributed by atoms with van der Waals surface area (Å²) < 4.78 is 0. The van der Waals surface area contributed by atoms with Gasteiger partial charge in [-0.3, -0.25) is 9.69 Å². The summed E-state index contributed by atoms with van der Waals surface area (Å²) in [5.41, 5.74) is 1.83. The third-order valence-corrected chi connectivity index (χ3v) is 4.52. The second-order valence-electron chi connectivity index (χ2n) is 6.52. The van der Waals surface area contributed by atoms with Crippen LogP contribution in [-0.4, -0.2) is 29.9 Å². The predicted molar refractivity (Wildman–Crippen MR) is 88.8 cm³/mol. The van der Waals surface area contributed by atoms with Crippen LogP contribution in [0.25, 0.3) is 0 Å². The van der Waals surface area contributed by atoms with Crippen LogP contribution in [0, 0.1) is 18.8 Å². The van der Waals surface area contributed by atoms with Crippen LogP contribution in [0.3, 0.4) is 0 Å². The molecule has 1 aromatic rings. The molecular formula is C17H25ClN2O. The lowest BCUT2D eigenvalue weighted by Gasteiger charge is -2.38. The van der Waals surface area contributed by atoms with E-state index >= 15 is 0 Å². The number of aryl methyl sites for hydroxylation is 1. The van der Waals surface area contributed by atoms with Gasteiger partial charge in [0.2, 0.25) is 5.91 Å². The Kier molecular flexibility index (Phi) is 5.28. The summed E-state index contributed by atoms with van der Waals surface area (Å²) in [5.74, 6) is 1.34. The van der Waals surface area contributed by atoms with Gasteiger partial charge in [-0.05, 0) is 49.8 Å². The molecule has 1 saturated heterocycles. The van der Waals surface area contributed by atoms with Gasteiger partial charge in [-0.25, -0.2) is 0 Å². The molecule has 0 aliphatic carbocycles. The fraction of sp³-hybridized carbons (Fsp3) is 0.588. The molecule has 1 N–H and O–H groups in total. The number of rotatable bonds is 3. The number of hydrogen-bond acceptors (Lipinski definition) is 2. The van der Waals surface area contributed by atoms with E-state index in [0.717, 1.165) is 24.3 Å². The first-order valence-corrected chi connectivity index (χ1v) is 8.05. The Morgan fingerprint density at radius 2 is 1.95 bits per heavy atom. The molecule has 0 spiro atoms. The van der Waals surface area contributed by atoms with Crippen molar-refractivity contribution in [1.82, 2.24) is 4.90 Å². The van der Waals surface area contributed by atoms with Crippen LogP contribution in [0.2, 0.25) is 5.02 Å². The number of likely N-dealkylation sites (tertiary alicyclic amines) is 1. The lowest BCUT2D eigenvalue weighted by molar-refractivity contribution is -0.121. The van der Waals surface area contributed by atoms with Crippen molar-refractivity contribution in [3.63, 3.8) is 0 Å². The van der Waals surface area contributed by atoms with Crippen molar-refractivity contribution in [3.05, 3.63) is 28.8 Å². The highest BCUT2D eigenvalue weighted by atomic mass is 35.5. The molecule has 1 aliphatic rings. The highest BCUT2D eigenvalue weighted by molar-refractivity contribution is 6.31. The predicted octanol–water partition coefficient (Wildman–Crippen LogP) is 3.95. The zero-order chi connectivity index (χ0) is 15.6. The quantitative estimate of drug-likeness (QED) is 0.917. The minimum atomic E-state index is -0.117. The van der Waals surface area contributed by atoms with Gasteiger partial charge in [-0.2, -0.15) is 0 Å². The Hall–Kier alpha value is -1.06. The molecule has 0 saturated carbocycles. The molecule has 0 unspecified atom stereocenters. The number of piperidine rings is 1. The van der Waals surface area contributed by atoms with Crippen molar-refractivity contribution < 1.29 is 4.79 Å². The number of anilines is 1. The lowest BCUT2D eigenvalue weighted by atomic mass is 9.91. The third-order valence-electron chi connectivity index (χ3n) is 4.28. The van der Waals surface area contributed by atoms with E-state index in [1.807, 2.05) is 32.0 Å². The Morgan fingerprint density at radius 1 is 1.33 bits per heavy atom. The summed E-state index contributed by atoms with van der Waals surface area (Å²) in [7, 11) is 0. The maximum atomic E-state index is 12.5. The largest absolute Gasteiger partial charge is 0.324 e. The minimum Gasteiger partial charge on any atom is -0.324 e. The smallest absolute Gasteiger partial charge is 0.241 e. The number of amides is 1. The molecule has 3 nitrogen and oxygen atoms in total. The molecule has 0 radical (unpaired) electrons. The van der Waals surface area contributed by atoms with Crippen molar-refractivity contribution in [1.29, 1.82) is 0 Å². The summed E-state index contributed by atoms with van der Waals surface area (Å²) in [6.45, 7) is 10.5. The van der Waals surface area contributed by atoms with E-state index in [1.54, 1.807) is 0 Å². The van der Waals surface area contributed by atoms with Gasteiger partial charge in [-0.1, -0.05) is 31.5 Å². The van der Waals surface area contributed by atoms with Gasteiger partial charge in [0.15, 0.2) is 0 Å². The number of carbonyl (C=O) groups excluding carboxylic acids is 1. The third kappa shape index (κ3) is 4.21. The number of nitrogens with zero attached hydrogens (tertiary/aromatic N) is 1. The SMILES string of the molecule is Cc1ccc(Cl)cc1NC(=O)[C@@H](C)N1C[C@@H](C)C[C@H](C)C1. The average Bonchev–Trinajstić information content (AvgIpc) is 2.41. The second kappa shape index (κ2) is 6.80. The van der Waals surface area contributed by atoms with Crippen LogP contribution in [0.1, 0.15) is 32.8 Å². The number of benzene rings is 1. The molecule has 0 aromatic heterocycles. The normalized spacial score (nSPS) is 24.6. The minimum absolute atomic E-state index is 0.0432. The Balaban J connectivity index is 2.04. The van der Waals surface area contributed by atoms with Crippen molar-refractivity contribution in [3.8, 4) is 0 Å². The standard InChI is InChI=1S/C17H25ClN2O/c1-11-7-12(2)10-20(9-11)14(4)17(21)19-16-8-15(18)6-5-13(16)3/h5-6,8,11-12,14H,7,9-10H2,1-4H3,(H,19,21)/t11-,12-,14+/m0/s1. The van der Waals surface area contributed by atoms with Crippen molar-refractivity contribution >= 4 is 23.2 Å². The van der Waals surface area contributed by atoms with Crippen LogP contribution in [-0.2, 0) is 4.79 Å². The molecule has 0 bridgehead atoms. The first kappa shape index (κ1) is 16.3. The monoisotopic (exact) mass is 308 g/mol. The molecule has 3 atom stereocenters. The van der Waals surface area contributed by atoms with Crippen LogP contribution in [0.4, 0.5) is 5.69 Å². The highest BCUT2D eigenvalue weighted by Crippen LogP contribution is 2.24. The molecule has 1 aliphatic heterocycles. The summed E-state index contributed by atoms with van der Waals surface area (Å²) in [6.07, 6.45) is 1.25. The molecule has 1 aromatic carbocycles. The molecule has 4 heteroatoms. The van der Waals surface area contributed by atoms with E-state index in [9.17, 15) is 4.79 Å². The molecule has 1 amide bonds. The highest BCUT2D eigenvalue weighted by Gasteiger charge is 2.28. The van der Waals surface area contributed by atoms with Gasteiger partial charge in [0.1, 0.15) is 0 Å². The maximum Gasteiger partial charge on any atom is 0.241 e. The second-order valence-corrected chi connectivity index (χ2v) is 6.96. The Morgan fingerprint density at radius 3 is 2.57 bits per heavy atom. The maximum absolute atomic E-state index is 12.5. The van der Waals surface area contributed by atoms with Gasteiger partial charge in [0, 0.05) is 23.8 Å². The molecule has 21 heavy (non-hydrogen) atoms. The first-order valence-electron chi connectivity index (χ1n) is 7.68. The van der Waals surface area contributed by atoms with Gasteiger partial charge in [0.05, 0.1) is 6.04 Å². The summed E-state index contributed by atoms with van der Waals surface area (Å²) in [6, 6.07) is 5.45. The first-order chi connectivity index (χ1) is 9.86. The number of nitrogens with one attached hydrogen (secondary N) is 1. The topological polar surface area (TPSA) is 32.3 Å². The van der Waals surface area contributed by atoms with Crippen LogP contribution < -0.4 is 5.32 Å². The Labute approximate surface area is 132 Å². The molecule has 1 heterocycles. The summed E-state index contributed by atoms with van der Waals surface area (Å²) in [5, 5.41) is 3.66. The van der Waals surface area contributed by atoms with Gasteiger partial charge in [0.25, 0.3) is 0 Å². The molecule has 2 rings (SSSR count). The van der Waals surface area contributed by atoms with E-state index < -0.39 is 0 Å². The number of halogens is 1. The Bertz CT molecular complexity index is 508. The van der Waals surface area contributed by atoms with Crippen molar-refractivity contribution in [2.75, 3.05) is 18.4 Å². The lowest BCUT2D eigenvalue weighted by Crippen LogP contribution is -2.48. The number of hydrogen-bond donors (Lipinski definition) is 1. The van der Waals surface area contributed by atoms with Crippen LogP contribution in [0.15, 0.2) is 18.2 Å². The molecular weight excluding hydrogens is 284 g/mol. The zero-order valence-electron chi connectivity index (χ0n) is 13.3. The van der Waals surface area contributed by atoms with E-state index in [0.29, 0.717) is 16.9 Å². The van der Waals surface area contributed by atoms with E-state index in [-0.39, 0.29) is 11.9 Å². The number of carbonyl (C=O) groups is 1. The van der Waals surface area contributed by atoms with E-state index in [2.05, 4.69) is 24.1 Å². The fourth-order valence-corrected chi connectivity index (χ4v) is 3.33. The fourth-order valence-electron chi connectivity index (χ4n) is 3.16. The van der Waals surface area contributed by atoms with Crippen molar-refractivity contribution in [2.24, 2.45) is 11.8 Å². The van der Waals surface area contributed by atoms with Gasteiger partial charge < -0.3 is 5.32 Å². The summed E-state index contributed by atoms with van der Waals surface area (Å²) >= 11 is 6.01.